The number of carboxylic acid groups (broad SMARTS) is 2. The molecule has 2 aromatic rings. The van der Waals surface area contributed by atoms with Gasteiger partial charge in [-0.3, -0.25) is 19.2 Å². The van der Waals surface area contributed by atoms with Gasteiger partial charge in [-0.2, -0.15) is 0 Å². The number of aryl methyl sites for hydroxylation is 1. The summed E-state index contributed by atoms with van der Waals surface area (Å²) in [6.45, 7) is -0.147. The highest BCUT2D eigenvalue weighted by molar-refractivity contribution is 7.12. The van der Waals surface area contributed by atoms with E-state index >= 15 is 0 Å². The lowest BCUT2D eigenvalue weighted by atomic mass is 10.1. The van der Waals surface area contributed by atoms with Crippen LogP contribution < -0.4 is 20.8 Å². The van der Waals surface area contributed by atoms with E-state index in [0.717, 1.165) is 9.80 Å². The summed E-state index contributed by atoms with van der Waals surface area (Å²) in [6, 6.07) is 2.80. The molecular formula is C25H27N5O8S-2. The van der Waals surface area contributed by atoms with E-state index in [-0.39, 0.29) is 44.7 Å². The van der Waals surface area contributed by atoms with Gasteiger partial charge in [-0.05, 0) is 36.4 Å². The van der Waals surface area contributed by atoms with Crippen molar-refractivity contribution in [2.24, 2.45) is 7.05 Å². The van der Waals surface area contributed by atoms with Crippen LogP contribution in [-0.4, -0.2) is 87.2 Å². The smallest absolute Gasteiger partial charge is 0.268 e. The molecule has 39 heavy (non-hydrogen) atoms. The second kappa shape index (κ2) is 11.7. The SMILES string of the molecule is Cn1cccc1C(=O)N[C@H]1C[C@@H](C(=O)[O-])N(C(=O)CCC(=O)N2C[C@@H](NC(=O)c3cccs3)C[C@H]2C(=O)[O-])C1. The van der Waals surface area contributed by atoms with Crippen molar-refractivity contribution in [1.82, 2.24) is 25.0 Å². The first kappa shape index (κ1) is 27.8. The van der Waals surface area contributed by atoms with Gasteiger partial charge in [0, 0.05) is 51.3 Å². The van der Waals surface area contributed by atoms with Gasteiger partial charge >= 0.3 is 0 Å². The number of nitrogens with one attached hydrogen (secondary N) is 2. The highest BCUT2D eigenvalue weighted by atomic mass is 32.1. The maximum Gasteiger partial charge on any atom is 0.268 e. The van der Waals surface area contributed by atoms with Crippen LogP contribution in [0.3, 0.4) is 0 Å². The van der Waals surface area contributed by atoms with E-state index in [0.29, 0.717) is 10.6 Å². The molecule has 14 heteroatoms. The van der Waals surface area contributed by atoms with Gasteiger partial charge in [0.25, 0.3) is 11.8 Å². The zero-order valence-corrected chi connectivity index (χ0v) is 21.8. The van der Waals surface area contributed by atoms with Gasteiger partial charge < -0.3 is 44.8 Å². The Morgan fingerprint density at radius 1 is 0.846 bits per heavy atom. The van der Waals surface area contributed by atoms with E-state index in [1.165, 1.54) is 11.3 Å². The lowest BCUT2D eigenvalue weighted by Crippen LogP contribution is -2.48. The average Bonchev–Trinajstić information content (AvgIpc) is 3.68. The van der Waals surface area contributed by atoms with Gasteiger partial charge in [-0.25, -0.2) is 0 Å². The van der Waals surface area contributed by atoms with Gasteiger partial charge in [0.15, 0.2) is 0 Å². The van der Waals surface area contributed by atoms with E-state index in [2.05, 4.69) is 10.6 Å². The molecule has 2 aliphatic heterocycles. The molecule has 4 heterocycles. The fourth-order valence-electron chi connectivity index (χ4n) is 5.00. The van der Waals surface area contributed by atoms with Crippen molar-refractivity contribution in [3.63, 3.8) is 0 Å². The molecule has 0 aliphatic carbocycles. The van der Waals surface area contributed by atoms with Crippen LogP contribution in [0.5, 0.6) is 0 Å². The van der Waals surface area contributed by atoms with Crippen molar-refractivity contribution >= 4 is 46.9 Å². The van der Waals surface area contributed by atoms with Crippen LogP contribution in [0, 0.1) is 0 Å². The number of carboxylic acids is 2. The third-order valence-corrected chi connectivity index (χ3v) is 7.80. The summed E-state index contributed by atoms with van der Waals surface area (Å²) in [7, 11) is 1.69. The topological polar surface area (TPSA) is 184 Å². The van der Waals surface area contributed by atoms with E-state index in [4.69, 9.17) is 0 Å². The van der Waals surface area contributed by atoms with Crippen LogP contribution in [-0.2, 0) is 26.2 Å². The standard InChI is InChI=1S/C25H29N5O8S/c1-28-8-2-4-16(28)22(33)26-14-10-17(24(35)36)29(12-14)20(31)6-7-21(32)30-13-15(11-18(30)25(37)38)27-23(34)19-5-3-9-39-19/h2-5,8-9,14-15,17-18H,6-7,10-13H2,1H3,(H,26,33)(H,27,34)(H,35,36)(H,37,38)/p-2/t14-,15-,17-,18-/m0/s1. The van der Waals surface area contributed by atoms with Gasteiger partial charge in [-0.1, -0.05) is 6.07 Å². The molecule has 4 atom stereocenters. The van der Waals surface area contributed by atoms with Gasteiger partial charge in [0.1, 0.15) is 5.69 Å². The average molecular weight is 558 g/mol. The summed E-state index contributed by atoms with van der Waals surface area (Å²) in [5.74, 6) is -5.03. The van der Waals surface area contributed by atoms with Gasteiger partial charge in [-0.15, -0.1) is 11.3 Å². The number of carbonyl (C=O) groups excluding carboxylic acids is 6. The summed E-state index contributed by atoms with van der Waals surface area (Å²) in [6.07, 6.45) is 0.850. The Kier molecular flexibility index (Phi) is 8.33. The van der Waals surface area contributed by atoms with Crippen molar-refractivity contribution in [3.8, 4) is 0 Å². The van der Waals surface area contributed by atoms with Crippen LogP contribution in [0.4, 0.5) is 0 Å². The normalized spacial score (nSPS) is 22.5. The quantitative estimate of drug-likeness (QED) is 0.338. The first-order valence-electron chi connectivity index (χ1n) is 12.3. The Morgan fingerprint density at radius 3 is 1.82 bits per heavy atom. The van der Waals surface area contributed by atoms with E-state index in [1.807, 2.05) is 0 Å². The third-order valence-electron chi connectivity index (χ3n) is 6.93. The molecule has 2 aromatic heterocycles. The molecule has 4 rings (SSSR count). The minimum atomic E-state index is -1.48. The summed E-state index contributed by atoms with van der Waals surface area (Å²) in [5.41, 5.74) is 0.369. The van der Waals surface area contributed by atoms with E-state index in [1.54, 1.807) is 47.5 Å². The van der Waals surface area contributed by atoms with Crippen molar-refractivity contribution in [3.05, 3.63) is 46.4 Å². The molecule has 0 unspecified atom stereocenters. The third kappa shape index (κ3) is 6.28. The number of aromatic nitrogens is 1. The van der Waals surface area contributed by atoms with Crippen LogP contribution in [0.15, 0.2) is 35.8 Å². The van der Waals surface area contributed by atoms with Crippen molar-refractivity contribution in [2.75, 3.05) is 13.1 Å². The van der Waals surface area contributed by atoms with E-state index < -0.39 is 53.8 Å². The predicted molar refractivity (Wildman–Crippen MR) is 132 cm³/mol. The van der Waals surface area contributed by atoms with Crippen LogP contribution in [0.1, 0.15) is 45.8 Å². The number of hydrogen-bond acceptors (Lipinski definition) is 9. The second-order valence-corrected chi connectivity index (χ2v) is 10.5. The lowest BCUT2D eigenvalue weighted by Gasteiger charge is -2.27. The number of amides is 4. The minimum Gasteiger partial charge on any atom is -0.548 e. The number of rotatable bonds is 9. The van der Waals surface area contributed by atoms with Gasteiger partial charge in [0.05, 0.1) is 28.9 Å². The number of aliphatic carboxylic acids is 2. The highest BCUT2D eigenvalue weighted by Crippen LogP contribution is 2.23. The van der Waals surface area contributed by atoms with Gasteiger partial charge in [0.2, 0.25) is 11.8 Å². The molecule has 0 radical (unpaired) electrons. The summed E-state index contributed by atoms with van der Waals surface area (Å²) >= 11 is 1.22. The minimum absolute atomic E-state index is 0.0411. The second-order valence-electron chi connectivity index (χ2n) is 9.56. The molecular weight excluding hydrogens is 530 g/mol. The molecule has 208 valence electrons. The molecule has 0 aromatic carbocycles. The fourth-order valence-corrected chi connectivity index (χ4v) is 5.63. The van der Waals surface area contributed by atoms with Crippen LogP contribution in [0.2, 0.25) is 0 Å². The maximum absolute atomic E-state index is 12.9. The number of hydrogen-bond donors (Lipinski definition) is 2. The molecule has 13 nitrogen and oxygen atoms in total. The Labute approximate surface area is 227 Å². The lowest BCUT2D eigenvalue weighted by molar-refractivity contribution is -0.311. The van der Waals surface area contributed by atoms with Crippen molar-refractivity contribution in [1.29, 1.82) is 0 Å². The molecule has 0 saturated carbocycles. The Balaban J connectivity index is 1.33. The number of nitrogens with zero attached hydrogens (tertiary/aromatic N) is 3. The first-order valence-corrected chi connectivity index (χ1v) is 13.2. The van der Waals surface area contributed by atoms with Crippen LogP contribution >= 0.6 is 11.3 Å². The highest BCUT2D eigenvalue weighted by Gasteiger charge is 2.39. The molecule has 2 saturated heterocycles. The zero-order valence-electron chi connectivity index (χ0n) is 21.0. The summed E-state index contributed by atoms with van der Waals surface area (Å²) in [4.78, 5) is 76.6. The number of likely N-dealkylation sites (tertiary alicyclic amines) is 2. The Morgan fingerprint density at radius 2 is 1.38 bits per heavy atom. The fraction of sp³-hybridized carbons (Fsp3) is 0.440. The predicted octanol–water partition coefficient (Wildman–Crippen LogP) is -2.53. The summed E-state index contributed by atoms with van der Waals surface area (Å²) < 4.78 is 1.60. The number of carbonyl (C=O) groups is 6. The Hall–Kier alpha value is -4.20. The monoisotopic (exact) mass is 557 g/mol. The van der Waals surface area contributed by atoms with Crippen molar-refractivity contribution in [2.45, 2.75) is 49.9 Å². The van der Waals surface area contributed by atoms with E-state index in [9.17, 15) is 39.0 Å². The first-order chi connectivity index (χ1) is 18.5. The zero-order chi connectivity index (χ0) is 28.3. The number of thiophene rings is 1. The maximum atomic E-state index is 12.9. The summed E-state index contributed by atoms with van der Waals surface area (Å²) in [5, 5.41) is 30.5. The van der Waals surface area contributed by atoms with Crippen molar-refractivity contribution < 1.29 is 39.0 Å². The molecule has 0 bridgehead atoms. The Bertz CT molecular complexity index is 1280. The largest absolute Gasteiger partial charge is 0.548 e. The van der Waals surface area contributed by atoms with Crippen LogP contribution in [0.25, 0.3) is 0 Å². The molecule has 4 amide bonds. The molecule has 0 spiro atoms. The molecule has 2 N–H and O–H groups in total. The molecule has 2 aliphatic rings. The molecule has 2 fully saturated rings.